The Morgan fingerprint density at radius 2 is 1.65 bits per heavy atom. The molecule has 4 aliphatic rings. The summed E-state index contributed by atoms with van der Waals surface area (Å²) in [6.45, 7) is 3.35. The Kier molecular flexibility index (Phi) is 2.20. The first-order chi connectivity index (χ1) is 7.95. The summed E-state index contributed by atoms with van der Waals surface area (Å²) in [6, 6.07) is 0. The summed E-state index contributed by atoms with van der Waals surface area (Å²) >= 11 is 0. The molecule has 17 heavy (non-hydrogen) atoms. The van der Waals surface area contributed by atoms with E-state index in [-0.39, 0.29) is 0 Å². The Bertz CT molecular complexity index is 340. The highest BCUT2D eigenvalue weighted by Gasteiger charge is 2.65. The van der Waals surface area contributed by atoms with Crippen LogP contribution in [0.1, 0.15) is 32.1 Å². The van der Waals surface area contributed by atoms with Crippen molar-refractivity contribution in [1.82, 2.24) is 0 Å². The van der Waals surface area contributed by atoms with E-state index in [9.17, 15) is 15.0 Å². The molecule has 4 fully saturated rings. The van der Waals surface area contributed by atoms with Crippen LogP contribution in [0.15, 0.2) is 12.7 Å². The van der Waals surface area contributed by atoms with Crippen LogP contribution >= 0.6 is 0 Å². The maximum atomic E-state index is 11.3. The predicted octanol–water partition coefficient (Wildman–Crippen LogP) is 0.770. The molecule has 94 valence electrons. The molecule has 0 spiro atoms. The third kappa shape index (κ3) is 1.54. The Hall–Kier alpha value is -0.870. The molecule has 0 radical (unpaired) electrons. The van der Waals surface area contributed by atoms with Gasteiger partial charge in [0, 0.05) is 6.08 Å². The van der Waals surface area contributed by atoms with E-state index < -0.39 is 23.3 Å². The molecule has 0 aromatic rings. The molecule has 4 saturated carbocycles. The second-order valence-corrected chi connectivity index (χ2v) is 6.01. The van der Waals surface area contributed by atoms with Crippen LogP contribution in [0.3, 0.4) is 0 Å². The van der Waals surface area contributed by atoms with Crippen LogP contribution in [0, 0.1) is 11.8 Å². The van der Waals surface area contributed by atoms with Gasteiger partial charge in [-0.2, -0.15) is 0 Å². The molecular formula is C13H18O4. The fourth-order valence-electron chi connectivity index (χ4n) is 4.43. The van der Waals surface area contributed by atoms with Gasteiger partial charge < -0.3 is 14.9 Å². The normalized spacial score (nSPS) is 51.3. The Labute approximate surface area is 100 Å². The van der Waals surface area contributed by atoms with E-state index in [0.29, 0.717) is 37.5 Å². The van der Waals surface area contributed by atoms with E-state index in [1.54, 1.807) is 0 Å². The Balaban J connectivity index is 1.91. The van der Waals surface area contributed by atoms with Crippen molar-refractivity contribution in [3.05, 3.63) is 12.7 Å². The van der Waals surface area contributed by atoms with Gasteiger partial charge in [0.05, 0.1) is 0 Å². The van der Waals surface area contributed by atoms with Gasteiger partial charge >= 0.3 is 5.97 Å². The van der Waals surface area contributed by atoms with Gasteiger partial charge in [0.25, 0.3) is 0 Å². The minimum absolute atomic E-state index is 0.371. The topological polar surface area (TPSA) is 66.8 Å². The van der Waals surface area contributed by atoms with Gasteiger partial charge in [-0.1, -0.05) is 6.58 Å². The Morgan fingerprint density at radius 1 is 1.18 bits per heavy atom. The number of aliphatic hydroxyl groups is 2. The van der Waals surface area contributed by atoms with E-state index in [0.717, 1.165) is 12.5 Å². The summed E-state index contributed by atoms with van der Waals surface area (Å²) in [4.78, 5) is 11.3. The summed E-state index contributed by atoms with van der Waals surface area (Å²) in [5, 5.41) is 21.2. The Morgan fingerprint density at radius 3 is 2.06 bits per heavy atom. The largest absolute Gasteiger partial charge is 0.453 e. The molecule has 0 aliphatic heterocycles. The number of hydrogen-bond donors (Lipinski definition) is 2. The molecule has 4 heteroatoms. The zero-order valence-corrected chi connectivity index (χ0v) is 9.76. The smallest absolute Gasteiger partial charge is 0.330 e. The van der Waals surface area contributed by atoms with E-state index in [1.807, 2.05) is 0 Å². The zero-order chi connectivity index (χ0) is 12.3. The van der Waals surface area contributed by atoms with Gasteiger partial charge in [-0.15, -0.1) is 0 Å². The molecule has 4 bridgehead atoms. The van der Waals surface area contributed by atoms with Gasteiger partial charge in [-0.3, -0.25) is 0 Å². The third-order valence-corrected chi connectivity index (χ3v) is 4.61. The van der Waals surface area contributed by atoms with Crippen molar-refractivity contribution < 1.29 is 19.7 Å². The monoisotopic (exact) mass is 238 g/mol. The number of rotatable bonds is 2. The van der Waals surface area contributed by atoms with Gasteiger partial charge in [0.15, 0.2) is 6.10 Å². The molecule has 4 rings (SSSR count). The second-order valence-electron chi connectivity index (χ2n) is 6.01. The molecule has 4 nitrogen and oxygen atoms in total. The molecule has 0 aromatic carbocycles. The molecule has 0 saturated heterocycles. The van der Waals surface area contributed by atoms with Crippen LogP contribution in [-0.2, 0) is 9.53 Å². The molecule has 2 N–H and O–H groups in total. The van der Waals surface area contributed by atoms with Crippen molar-refractivity contribution in [3.63, 3.8) is 0 Å². The number of carbonyl (C=O) groups is 1. The first-order valence-electron chi connectivity index (χ1n) is 6.23. The second kappa shape index (κ2) is 3.33. The average Bonchev–Trinajstić information content (AvgIpc) is 2.21. The SMILES string of the molecule is C=CC(=O)OC1C2(O)CC3CC(C2)CC1(O)C3. The van der Waals surface area contributed by atoms with Gasteiger partial charge in [0.2, 0.25) is 0 Å². The molecule has 0 unspecified atom stereocenters. The summed E-state index contributed by atoms with van der Waals surface area (Å²) < 4.78 is 5.23. The summed E-state index contributed by atoms with van der Waals surface area (Å²) in [5.74, 6) is 0.177. The van der Waals surface area contributed by atoms with Crippen molar-refractivity contribution in [2.75, 3.05) is 0 Å². The first-order valence-corrected chi connectivity index (χ1v) is 6.23. The highest BCUT2D eigenvalue weighted by Crippen LogP contribution is 2.58. The average molecular weight is 238 g/mol. The molecule has 4 aliphatic carbocycles. The summed E-state index contributed by atoms with van der Waals surface area (Å²) in [6.07, 6.45) is 3.95. The lowest BCUT2D eigenvalue weighted by Gasteiger charge is -2.61. The fraction of sp³-hybridized carbons (Fsp3) is 0.769. The predicted molar refractivity (Wildman–Crippen MR) is 60.0 cm³/mol. The maximum Gasteiger partial charge on any atom is 0.330 e. The number of hydrogen-bond acceptors (Lipinski definition) is 4. The van der Waals surface area contributed by atoms with Crippen molar-refractivity contribution in [2.45, 2.75) is 49.4 Å². The first kappa shape index (κ1) is 11.2. The highest BCUT2D eigenvalue weighted by atomic mass is 16.6. The molecule has 0 amide bonds. The maximum absolute atomic E-state index is 11.3. The lowest BCUT2D eigenvalue weighted by molar-refractivity contribution is -0.276. The van der Waals surface area contributed by atoms with E-state index in [2.05, 4.69) is 6.58 Å². The number of carbonyl (C=O) groups excluding carboxylic acids is 1. The number of ether oxygens (including phenoxy) is 1. The van der Waals surface area contributed by atoms with Crippen molar-refractivity contribution >= 4 is 5.97 Å². The fourth-order valence-corrected chi connectivity index (χ4v) is 4.43. The summed E-state index contributed by atoms with van der Waals surface area (Å²) in [5.41, 5.74) is -2.06. The van der Waals surface area contributed by atoms with Crippen LogP contribution < -0.4 is 0 Å². The standard InChI is InChI=1S/C13H18O4/c1-2-10(14)17-11-12(15)4-8-3-9(6-12)7-13(11,16)5-8/h2,8-9,11,15-16H,1,3-7H2. The van der Waals surface area contributed by atoms with E-state index in [1.165, 1.54) is 0 Å². The molecular weight excluding hydrogens is 220 g/mol. The molecule has 0 atom stereocenters. The van der Waals surface area contributed by atoms with Gasteiger partial charge in [-0.05, 0) is 43.9 Å². The van der Waals surface area contributed by atoms with Crippen LogP contribution in [0.2, 0.25) is 0 Å². The highest BCUT2D eigenvalue weighted by molar-refractivity contribution is 5.81. The number of esters is 1. The van der Waals surface area contributed by atoms with Crippen molar-refractivity contribution in [1.29, 1.82) is 0 Å². The van der Waals surface area contributed by atoms with Gasteiger partial charge in [0.1, 0.15) is 11.2 Å². The van der Waals surface area contributed by atoms with Crippen LogP contribution in [0.4, 0.5) is 0 Å². The van der Waals surface area contributed by atoms with Crippen molar-refractivity contribution in [2.24, 2.45) is 11.8 Å². The lowest BCUT2D eigenvalue weighted by Crippen LogP contribution is -2.70. The van der Waals surface area contributed by atoms with Crippen molar-refractivity contribution in [3.8, 4) is 0 Å². The summed E-state index contributed by atoms with van der Waals surface area (Å²) in [7, 11) is 0. The zero-order valence-electron chi connectivity index (χ0n) is 9.76. The quantitative estimate of drug-likeness (QED) is 0.551. The third-order valence-electron chi connectivity index (χ3n) is 4.61. The van der Waals surface area contributed by atoms with E-state index >= 15 is 0 Å². The van der Waals surface area contributed by atoms with Crippen LogP contribution in [0.25, 0.3) is 0 Å². The van der Waals surface area contributed by atoms with Gasteiger partial charge in [-0.25, -0.2) is 4.79 Å². The van der Waals surface area contributed by atoms with Crippen LogP contribution in [0.5, 0.6) is 0 Å². The molecule has 0 heterocycles. The minimum Gasteiger partial charge on any atom is -0.453 e. The van der Waals surface area contributed by atoms with E-state index in [4.69, 9.17) is 4.74 Å². The molecule has 0 aromatic heterocycles. The minimum atomic E-state index is -1.03. The lowest BCUT2D eigenvalue weighted by atomic mass is 9.51. The van der Waals surface area contributed by atoms with Crippen LogP contribution in [-0.4, -0.2) is 33.5 Å².